The highest BCUT2D eigenvalue weighted by Gasteiger charge is 2.16. The van der Waals surface area contributed by atoms with E-state index >= 15 is 0 Å². The van der Waals surface area contributed by atoms with Crippen molar-refractivity contribution < 1.29 is 8.78 Å². The zero-order valence-electron chi connectivity index (χ0n) is 14.4. The van der Waals surface area contributed by atoms with E-state index in [9.17, 15) is 8.78 Å². The highest BCUT2D eigenvalue weighted by atomic mass is 19.1. The first kappa shape index (κ1) is 17.8. The fourth-order valence-electron chi connectivity index (χ4n) is 3.07. The first-order valence-corrected chi connectivity index (χ1v) is 8.80. The van der Waals surface area contributed by atoms with Gasteiger partial charge in [-0.25, -0.2) is 8.78 Å². The summed E-state index contributed by atoms with van der Waals surface area (Å²) < 4.78 is 25.8. The van der Waals surface area contributed by atoms with Gasteiger partial charge in [0.1, 0.15) is 11.6 Å². The van der Waals surface area contributed by atoms with Gasteiger partial charge in [0.15, 0.2) is 0 Å². The second kappa shape index (κ2) is 8.88. The second-order valence-electron chi connectivity index (χ2n) is 6.49. The number of benzene rings is 2. The fraction of sp³-hybridized carbons (Fsp3) is 0.333. The van der Waals surface area contributed by atoms with E-state index in [-0.39, 0.29) is 11.6 Å². The van der Waals surface area contributed by atoms with Gasteiger partial charge < -0.3 is 4.90 Å². The van der Waals surface area contributed by atoms with Crippen LogP contribution in [0.4, 0.5) is 8.78 Å². The minimum Gasteiger partial charge on any atom is -0.300 e. The van der Waals surface area contributed by atoms with E-state index < -0.39 is 0 Å². The van der Waals surface area contributed by atoms with E-state index in [1.807, 2.05) is 18.2 Å². The molecule has 2 aromatic rings. The molecule has 2 aromatic carbocycles. The average molecular weight is 342 g/mol. The van der Waals surface area contributed by atoms with Crippen molar-refractivity contribution >= 4 is 6.08 Å². The third-order valence-corrected chi connectivity index (χ3v) is 4.58. The van der Waals surface area contributed by atoms with Crippen LogP contribution in [0.3, 0.4) is 0 Å². The molecule has 1 heterocycles. The van der Waals surface area contributed by atoms with Gasteiger partial charge >= 0.3 is 0 Å². The third-order valence-electron chi connectivity index (χ3n) is 4.58. The number of rotatable bonds is 6. The number of piperazine rings is 1. The van der Waals surface area contributed by atoms with Crippen molar-refractivity contribution in [1.29, 1.82) is 0 Å². The molecule has 1 aliphatic rings. The molecule has 25 heavy (non-hydrogen) atoms. The average Bonchev–Trinajstić information content (AvgIpc) is 2.63. The molecular formula is C21H24F2N2. The Labute approximate surface area is 148 Å². The van der Waals surface area contributed by atoms with Gasteiger partial charge in [0.2, 0.25) is 0 Å². The Morgan fingerprint density at radius 3 is 1.96 bits per heavy atom. The highest BCUT2D eigenvalue weighted by Crippen LogP contribution is 2.10. The van der Waals surface area contributed by atoms with Crippen molar-refractivity contribution in [2.24, 2.45) is 0 Å². The summed E-state index contributed by atoms with van der Waals surface area (Å²) in [4.78, 5) is 4.88. The molecule has 0 atom stereocenters. The standard InChI is InChI=1S/C21H24F2N2/c22-20-8-4-18(5-9-20)3-1-2-12-24-13-15-25(16-14-24)17-19-6-10-21(23)11-7-19/h1,3-11H,2,12-17H2/b3-1+. The summed E-state index contributed by atoms with van der Waals surface area (Å²) in [6.07, 6.45) is 5.19. The molecule has 0 amide bonds. The van der Waals surface area contributed by atoms with E-state index in [1.165, 1.54) is 24.3 Å². The lowest BCUT2D eigenvalue weighted by Gasteiger charge is -2.34. The molecule has 1 fully saturated rings. The van der Waals surface area contributed by atoms with Crippen LogP contribution in [0.25, 0.3) is 6.08 Å². The van der Waals surface area contributed by atoms with E-state index in [2.05, 4.69) is 15.9 Å². The van der Waals surface area contributed by atoms with Gasteiger partial charge in [-0.2, -0.15) is 0 Å². The molecule has 0 aliphatic carbocycles. The van der Waals surface area contributed by atoms with Crippen molar-refractivity contribution in [3.63, 3.8) is 0 Å². The lowest BCUT2D eigenvalue weighted by atomic mass is 10.2. The predicted molar refractivity (Wildman–Crippen MR) is 98.2 cm³/mol. The Morgan fingerprint density at radius 1 is 0.760 bits per heavy atom. The first-order chi connectivity index (χ1) is 12.2. The Kier molecular flexibility index (Phi) is 6.31. The summed E-state index contributed by atoms with van der Waals surface area (Å²) in [5, 5.41) is 0. The van der Waals surface area contributed by atoms with Crippen LogP contribution in [0.5, 0.6) is 0 Å². The normalized spacial score (nSPS) is 16.6. The van der Waals surface area contributed by atoms with Crippen molar-refractivity contribution in [2.45, 2.75) is 13.0 Å². The van der Waals surface area contributed by atoms with Crippen molar-refractivity contribution in [3.8, 4) is 0 Å². The van der Waals surface area contributed by atoms with Crippen LogP contribution in [0.2, 0.25) is 0 Å². The van der Waals surface area contributed by atoms with Crippen LogP contribution in [0.15, 0.2) is 54.6 Å². The Morgan fingerprint density at radius 2 is 1.32 bits per heavy atom. The van der Waals surface area contributed by atoms with Gasteiger partial charge in [-0.05, 0) is 41.8 Å². The molecule has 0 aromatic heterocycles. The summed E-state index contributed by atoms with van der Waals surface area (Å²) in [7, 11) is 0. The van der Waals surface area contributed by atoms with Crippen molar-refractivity contribution in [3.05, 3.63) is 77.4 Å². The van der Waals surface area contributed by atoms with E-state index in [1.54, 1.807) is 12.1 Å². The molecule has 0 saturated carbocycles. The van der Waals surface area contributed by atoms with Crippen LogP contribution in [-0.4, -0.2) is 42.5 Å². The number of hydrogen-bond acceptors (Lipinski definition) is 2. The molecular weight excluding hydrogens is 318 g/mol. The fourth-order valence-corrected chi connectivity index (χ4v) is 3.07. The molecule has 132 valence electrons. The Hall–Kier alpha value is -2.04. The zero-order chi connectivity index (χ0) is 17.5. The maximum atomic E-state index is 12.9. The smallest absolute Gasteiger partial charge is 0.123 e. The van der Waals surface area contributed by atoms with Gasteiger partial charge in [-0.1, -0.05) is 36.4 Å². The van der Waals surface area contributed by atoms with E-state index in [0.717, 1.165) is 56.8 Å². The SMILES string of the molecule is Fc1ccc(/C=C/CCN2CCN(Cc3ccc(F)cc3)CC2)cc1. The second-order valence-corrected chi connectivity index (χ2v) is 6.49. The molecule has 1 aliphatic heterocycles. The minimum atomic E-state index is -0.198. The first-order valence-electron chi connectivity index (χ1n) is 8.80. The topological polar surface area (TPSA) is 6.48 Å². The molecule has 2 nitrogen and oxygen atoms in total. The summed E-state index contributed by atoms with van der Waals surface area (Å²) in [6.45, 7) is 6.13. The van der Waals surface area contributed by atoms with E-state index in [0.29, 0.717) is 0 Å². The zero-order valence-corrected chi connectivity index (χ0v) is 14.4. The van der Waals surface area contributed by atoms with E-state index in [4.69, 9.17) is 0 Å². The lowest BCUT2D eigenvalue weighted by Crippen LogP contribution is -2.46. The van der Waals surface area contributed by atoms with Crippen molar-refractivity contribution in [1.82, 2.24) is 9.80 Å². The van der Waals surface area contributed by atoms with Gasteiger partial charge in [0.05, 0.1) is 0 Å². The summed E-state index contributed by atoms with van der Waals surface area (Å²) in [5.41, 5.74) is 2.20. The number of hydrogen-bond donors (Lipinski definition) is 0. The van der Waals surface area contributed by atoms with Crippen molar-refractivity contribution in [2.75, 3.05) is 32.7 Å². The molecule has 0 bridgehead atoms. The monoisotopic (exact) mass is 342 g/mol. The van der Waals surface area contributed by atoms with Gasteiger partial charge in [0, 0.05) is 39.3 Å². The predicted octanol–water partition coefficient (Wildman–Crippen LogP) is 4.19. The maximum absolute atomic E-state index is 12.9. The van der Waals surface area contributed by atoms with Gasteiger partial charge in [0.25, 0.3) is 0 Å². The summed E-state index contributed by atoms with van der Waals surface area (Å²) in [6, 6.07) is 13.3. The molecule has 1 saturated heterocycles. The Bertz CT molecular complexity index is 672. The van der Waals surface area contributed by atoms with Crippen LogP contribution < -0.4 is 0 Å². The number of halogens is 2. The maximum Gasteiger partial charge on any atom is 0.123 e. The molecule has 3 rings (SSSR count). The third kappa shape index (κ3) is 5.76. The van der Waals surface area contributed by atoms with Gasteiger partial charge in [-0.3, -0.25) is 4.90 Å². The largest absolute Gasteiger partial charge is 0.300 e. The molecule has 0 spiro atoms. The van der Waals surface area contributed by atoms with Crippen LogP contribution in [0, 0.1) is 11.6 Å². The highest BCUT2D eigenvalue weighted by molar-refractivity contribution is 5.48. The summed E-state index contributed by atoms with van der Waals surface area (Å²) >= 11 is 0. The van der Waals surface area contributed by atoms with Crippen LogP contribution >= 0.6 is 0 Å². The summed E-state index contributed by atoms with van der Waals surface area (Å²) in [5.74, 6) is -0.377. The minimum absolute atomic E-state index is 0.178. The molecule has 0 N–H and O–H groups in total. The lowest BCUT2D eigenvalue weighted by molar-refractivity contribution is 0.129. The van der Waals surface area contributed by atoms with Gasteiger partial charge in [-0.15, -0.1) is 0 Å². The molecule has 0 radical (unpaired) electrons. The van der Waals surface area contributed by atoms with Crippen LogP contribution in [0.1, 0.15) is 17.5 Å². The van der Waals surface area contributed by atoms with Crippen LogP contribution in [-0.2, 0) is 6.54 Å². The molecule has 4 heteroatoms. The number of nitrogens with zero attached hydrogens (tertiary/aromatic N) is 2. The Balaban J connectivity index is 1.36. The molecule has 0 unspecified atom stereocenters. The quantitative estimate of drug-likeness (QED) is 0.777.